The second-order valence-electron chi connectivity index (χ2n) is 3.36. The molecule has 0 aliphatic heterocycles. The Hall–Kier alpha value is -1.22. The van der Waals surface area contributed by atoms with E-state index in [0.717, 1.165) is 23.5 Å². The predicted molar refractivity (Wildman–Crippen MR) is 61.4 cm³/mol. The second-order valence-corrected chi connectivity index (χ2v) is 3.36. The van der Waals surface area contributed by atoms with E-state index in [2.05, 4.69) is 6.92 Å². The van der Waals surface area contributed by atoms with Gasteiger partial charge in [-0.05, 0) is 31.0 Å². The maximum absolute atomic E-state index is 5.95. The van der Waals surface area contributed by atoms with E-state index < -0.39 is 0 Å². The molecule has 3 heteroatoms. The Morgan fingerprint density at radius 2 is 2.00 bits per heavy atom. The van der Waals surface area contributed by atoms with Gasteiger partial charge in [-0.1, -0.05) is 13.0 Å². The summed E-state index contributed by atoms with van der Waals surface area (Å²) in [5, 5.41) is 0. The quantitative estimate of drug-likeness (QED) is 0.810. The van der Waals surface area contributed by atoms with Crippen LogP contribution in [0.2, 0.25) is 0 Å². The predicted octanol–water partition coefficient (Wildman–Crippen LogP) is 2.50. The highest BCUT2D eigenvalue weighted by Gasteiger charge is 2.09. The third-order valence-electron chi connectivity index (χ3n) is 2.36. The highest BCUT2D eigenvalue weighted by Crippen LogP contribution is 2.30. The summed E-state index contributed by atoms with van der Waals surface area (Å²) in [6.07, 6.45) is 0.915. The van der Waals surface area contributed by atoms with Crippen molar-refractivity contribution in [1.29, 1.82) is 0 Å². The largest absolute Gasteiger partial charge is 0.493 e. The number of rotatable bonds is 5. The highest BCUT2D eigenvalue weighted by molar-refractivity contribution is 5.43. The molecule has 84 valence electrons. The fraction of sp³-hybridized carbons (Fsp3) is 0.500. The van der Waals surface area contributed by atoms with Gasteiger partial charge in [0.15, 0.2) is 11.5 Å². The van der Waals surface area contributed by atoms with Crippen molar-refractivity contribution in [3.05, 3.63) is 23.8 Å². The van der Waals surface area contributed by atoms with Crippen molar-refractivity contribution in [3.63, 3.8) is 0 Å². The van der Waals surface area contributed by atoms with E-state index in [1.807, 2.05) is 25.1 Å². The second kappa shape index (κ2) is 5.61. The standard InChI is InChI=1S/C12H19NO2/c1-4-10(13)9-6-7-11(14-3)12(8-9)15-5-2/h6-8,10H,4-5,13H2,1-3H3/t10-/m1/s1. The van der Waals surface area contributed by atoms with Gasteiger partial charge >= 0.3 is 0 Å². The molecule has 0 saturated heterocycles. The van der Waals surface area contributed by atoms with Crippen LogP contribution in [-0.2, 0) is 0 Å². The highest BCUT2D eigenvalue weighted by atomic mass is 16.5. The summed E-state index contributed by atoms with van der Waals surface area (Å²) in [5.74, 6) is 1.52. The van der Waals surface area contributed by atoms with Crippen LogP contribution >= 0.6 is 0 Å². The van der Waals surface area contributed by atoms with Gasteiger partial charge in [-0.25, -0.2) is 0 Å². The lowest BCUT2D eigenvalue weighted by Crippen LogP contribution is -2.09. The number of methoxy groups -OCH3 is 1. The summed E-state index contributed by atoms with van der Waals surface area (Å²) >= 11 is 0. The average Bonchev–Trinajstić information content (AvgIpc) is 2.28. The summed E-state index contributed by atoms with van der Waals surface area (Å²) in [6, 6.07) is 5.90. The van der Waals surface area contributed by atoms with Gasteiger partial charge in [0.05, 0.1) is 13.7 Å². The SMILES string of the molecule is CCOc1cc([C@H](N)CC)ccc1OC. The Kier molecular flexibility index (Phi) is 4.43. The van der Waals surface area contributed by atoms with Crippen molar-refractivity contribution in [2.45, 2.75) is 26.3 Å². The lowest BCUT2D eigenvalue weighted by atomic mass is 10.1. The van der Waals surface area contributed by atoms with Crippen molar-refractivity contribution in [3.8, 4) is 11.5 Å². The number of ether oxygens (including phenoxy) is 2. The first-order valence-electron chi connectivity index (χ1n) is 5.29. The molecule has 15 heavy (non-hydrogen) atoms. The van der Waals surface area contributed by atoms with Gasteiger partial charge in [0, 0.05) is 6.04 Å². The van der Waals surface area contributed by atoms with Crippen molar-refractivity contribution in [2.24, 2.45) is 5.73 Å². The zero-order valence-electron chi connectivity index (χ0n) is 9.62. The normalized spacial score (nSPS) is 12.3. The summed E-state index contributed by atoms with van der Waals surface area (Å²) in [7, 11) is 1.64. The summed E-state index contributed by atoms with van der Waals surface area (Å²) < 4.78 is 10.7. The Bertz CT molecular complexity index is 312. The molecule has 1 atom stereocenters. The van der Waals surface area contributed by atoms with Gasteiger partial charge < -0.3 is 15.2 Å². The summed E-state index contributed by atoms with van der Waals surface area (Å²) in [5.41, 5.74) is 7.04. The van der Waals surface area contributed by atoms with Gasteiger partial charge in [0.2, 0.25) is 0 Å². The Morgan fingerprint density at radius 1 is 1.27 bits per heavy atom. The molecular weight excluding hydrogens is 190 g/mol. The molecule has 0 spiro atoms. The van der Waals surface area contributed by atoms with E-state index in [1.54, 1.807) is 7.11 Å². The molecule has 0 unspecified atom stereocenters. The smallest absolute Gasteiger partial charge is 0.161 e. The van der Waals surface area contributed by atoms with E-state index in [1.165, 1.54) is 0 Å². The lowest BCUT2D eigenvalue weighted by molar-refractivity contribution is 0.310. The van der Waals surface area contributed by atoms with Crippen LogP contribution in [0.25, 0.3) is 0 Å². The van der Waals surface area contributed by atoms with Crippen molar-refractivity contribution >= 4 is 0 Å². The third kappa shape index (κ3) is 2.86. The maximum Gasteiger partial charge on any atom is 0.161 e. The molecule has 0 bridgehead atoms. The van der Waals surface area contributed by atoms with Crippen molar-refractivity contribution in [1.82, 2.24) is 0 Å². The van der Waals surface area contributed by atoms with Crippen LogP contribution in [0.1, 0.15) is 31.9 Å². The van der Waals surface area contributed by atoms with E-state index in [4.69, 9.17) is 15.2 Å². The van der Waals surface area contributed by atoms with E-state index >= 15 is 0 Å². The molecule has 0 saturated carbocycles. The van der Waals surface area contributed by atoms with E-state index in [9.17, 15) is 0 Å². The number of benzene rings is 1. The first kappa shape index (κ1) is 11.9. The van der Waals surface area contributed by atoms with Crippen molar-refractivity contribution in [2.75, 3.05) is 13.7 Å². The van der Waals surface area contributed by atoms with Gasteiger partial charge in [-0.3, -0.25) is 0 Å². The minimum absolute atomic E-state index is 0.0649. The molecule has 0 amide bonds. The van der Waals surface area contributed by atoms with E-state index in [-0.39, 0.29) is 6.04 Å². The maximum atomic E-state index is 5.95. The van der Waals surface area contributed by atoms with E-state index in [0.29, 0.717) is 6.61 Å². The fourth-order valence-electron chi connectivity index (χ4n) is 1.43. The Balaban J connectivity index is 2.98. The monoisotopic (exact) mass is 209 g/mol. The molecule has 0 radical (unpaired) electrons. The first-order valence-corrected chi connectivity index (χ1v) is 5.29. The third-order valence-corrected chi connectivity index (χ3v) is 2.36. The molecular formula is C12H19NO2. The lowest BCUT2D eigenvalue weighted by Gasteiger charge is -2.14. The van der Waals surface area contributed by atoms with Gasteiger partial charge in [0.25, 0.3) is 0 Å². The summed E-state index contributed by atoms with van der Waals surface area (Å²) in [6.45, 7) is 4.64. The fourth-order valence-corrected chi connectivity index (χ4v) is 1.43. The first-order chi connectivity index (χ1) is 7.22. The topological polar surface area (TPSA) is 44.5 Å². The molecule has 3 nitrogen and oxygen atoms in total. The van der Waals surface area contributed by atoms with Crippen LogP contribution < -0.4 is 15.2 Å². The minimum Gasteiger partial charge on any atom is -0.493 e. The summed E-state index contributed by atoms with van der Waals surface area (Å²) in [4.78, 5) is 0. The molecule has 1 rings (SSSR count). The van der Waals surface area contributed by atoms with Gasteiger partial charge in [0.1, 0.15) is 0 Å². The zero-order chi connectivity index (χ0) is 11.3. The van der Waals surface area contributed by atoms with Crippen molar-refractivity contribution < 1.29 is 9.47 Å². The van der Waals surface area contributed by atoms with Crippen LogP contribution in [0.3, 0.4) is 0 Å². The van der Waals surface area contributed by atoms with Gasteiger partial charge in [-0.2, -0.15) is 0 Å². The molecule has 0 aliphatic carbocycles. The van der Waals surface area contributed by atoms with Gasteiger partial charge in [-0.15, -0.1) is 0 Å². The number of hydrogen-bond donors (Lipinski definition) is 1. The molecule has 0 fully saturated rings. The van der Waals surface area contributed by atoms with Crippen LogP contribution in [0.4, 0.5) is 0 Å². The van der Waals surface area contributed by atoms with Crippen LogP contribution in [0.15, 0.2) is 18.2 Å². The number of hydrogen-bond acceptors (Lipinski definition) is 3. The molecule has 0 aliphatic rings. The molecule has 0 aromatic heterocycles. The van der Waals surface area contributed by atoms with Crippen LogP contribution in [0, 0.1) is 0 Å². The molecule has 2 N–H and O–H groups in total. The average molecular weight is 209 g/mol. The molecule has 1 aromatic carbocycles. The Labute approximate surface area is 91.2 Å². The van der Waals surface area contributed by atoms with Crippen LogP contribution in [0.5, 0.6) is 11.5 Å². The molecule has 0 heterocycles. The zero-order valence-corrected chi connectivity index (χ0v) is 9.62. The van der Waals surface area contributed by atoms with Crippen LogP contribution in [-0.4, -0.2) is 13.7 Å². The number of nitrogens with two attached hydrogens (primary N) is 1. The minimum atomic E-state index is 0.0649. The Morgan fingerprint density at radius 3 is 2.53 bits per heavy atom. The molecule has 1 aromatic rings.